The average Bonchev–Trinajstić information content (AvgIpc) is 3.34. The largest absolute Gasteiger partial charge is 0.494 e. The van der Waals surface area contributed by atoms with Gasteiger partial charge >= 0.3 is 0 Å². The fourth-order valence-electron chi connectivity index (χ4n) is 5.20. The lowest BCUT2D eigenvalue weighted by atomic mass is 9.74. The molecule has 3 fully saturated rings. The second-order valence-corrected chi connectivity index (χ2v) is 9.06. The van der Waals surface area contributed by atoms with Crippen molar-refractivity contribution in [2.45, 2.75) is 44.6 Å². The molecule has 0 aliphatic carbocycles. The molecule has 0 amide bonds. The Balaban J connectivity index is 1.48. The zero-order valence-corrected chi connectivity index (χ0v) is 19.9. The van der Waals surface area contributed by atoms with E-state index >= 15 is 0 Å². The first-order valence-corrected chi connectivity index (χ1v) is 12.4. The minimum absolute atomic E-state index is 0.0208. The highest BCUT2D eigenvalue weighted by Gasteiger charge is 2.35. The van der Waals surface area contributed by atoms with Crippen molar-refractivity contribution in [1.29, 1.82) is 0 Å². The standard InChI is InChI=1S/C25H40N4O3/c1-3-26-24(29-12-9-22(19-29)28-13-17-31-18-14-28)27-20-25(10-15-30-16-11-25)21-5-7-23(8-6-21)32-4-2/h5-8,22H,3-4,9-20H2,1-2H3,(H,26,27). The smallest absolute Gasteiger partial charge is 0.193 e. The number of hydrogen-bond donors (Lipinski definition) is 1. The van der Waals surface area contributed by atoms with Crippen LogP contribution < -0.4 is 10.1 Å². The van der Waals surface area contributed by atoms with Crippen LogP contribution in [-0.2, 0) is 14.9 Å². The molecule has 7 heteroatoms. The fourth-order valence-corrected chi connectivity index (χ4v) is 5.20. The van der Waals surface area contributed by atoms with Gasteiger partial charge in [0.2, 0.25) is 0 Å². The Morgan fingerprint density at radius 3 is 2.47 bits per heavy atom. The summed E-state index contributed by atoms with van der Waals surface area (Å²) in [5.41, 5.74) is 1.36. The molecule has 0 aromatic heterocycles. The summed E-state index contributed by atoms with van der Waals surface area (Å²) in [5, 5.41) is 3.56. The maximum Gasteiger partial charge on any atom is 0.193 e. The van der Waals surface area contributed by atoms with Crippen molar-refractivity contribution in [1.82, 2.24) is 15.1 Å². The molecule has 3 aliphatic heterocycles. The number of nitrogens with one attached hydrogen (secondary N) is 1. The summed E-state index contributed by atoms with van der Waals surface area (Å²) in [4.78, 5) is 10.3. The topological polar surface area (TPSA) is 58.6 Å². The molecule has 0 radical (unpaired) electrons. The van der Waals surface area contributed by atoms with Gasteiger partial charge in [-0.3, -0.25) is 9.89 Å². The van der Waals surface area contributed by atoms with E-state index in [9.17, 15) is 0 Å². The van der Waals surface area contributed by atoms with Gasteiger partial charge in [-0.15, -0.1) is 0 Å². The number of likely N-dealkylation sites (tertiary alicyclic amines) is 1. The molecule has 178 valence electrons. The van der Waals surface area contributed by atoms with E-state index in [1.54, 1.807) is 0 Å². The molecular weight excluding hydrogens is 404 g/mol. The van der Waals surface area contributed by atoms with Crippen molar-refractivity contribution >= 4 is 5.96 Å². The van der Waals surface area contributed by atoms with Crippen LogP contribution in [-0.4, -0.2) is 94.1 Å². The Kier molecular flexibility index (Phi) is 8.27. The molecule has 0 bridgehead atoms. The van der Waals surface area contributed by atoms with E-state index in [0.29, 0.717) is 12.6 Å². The zero-order chi connectivity index (χ0) is 22.2. The predicted molar refractivity (Wildman–Crippen MR) is 128 cm³/mol. The van der Waals surface area contributed by atoms with Gasteiger partial charge in [-0.1, -0.05) is 12.1 Å². The molecule has 4 rings (SSSR count). The fraction of sp³-hybridized carbons (Fsp3) is 0.720. The zero-order valence-electron chi connectivity index (χ0n) is 19.9. The lowest BCUT2D eigenvalue weighted by molar-refractivity contribution is 0.0194. The minimum Gasteiger partial charge on any atom is -0.494 e. The van der Waals surface area contributed by atoms with E-state index in [4.69, 9.17) is 19.2 Å². The molecule has 3 aliphatic rings. The number of aliphatic imine (C=N–C) groups is 1. The lowest BCUT2D eigenvalue weighted by Crippen LogP contribution is -2.47. The third kappa shape index (κ3) is 5.56. The summed E-state index contributed by atoms with van der Waals surface area (Å²) < 4.78 is 16.9. The summed E-state index contributed by atoms with van der Waals surface area (Å²) in [5.74, 6) is 1.99. The quantitative estimate of drug-likeness (QED) is 0.515. The first-order valence-electron chi connectivity index (χ1n) is 12.4. The molecule has 0 saturated carbocycles. The van der Waals surface area contributed by atoms with Crippen molar-refractivity contribution in [3.8, 4) is 5.75 Å². The van der Waals surface area contributed by atoms with Gasteiger partial charge in [0.15, 0.2) is 5.96 Å². The van der Waals surface area contributed by atoms with Gasteiger partial charge in [0.05, 0.1) is 26.4 Å². The summed E-state index contributed by atoms with van der Waals surface area (Å²) >= 11 is 0. The normalized spacial score (nSPS) is 24.5. The van der Waals surface area contributed by atoms with Gasteiger partial charge in [0.25, 0.3) is 0 Å². The number of guanidine groups is 1. The van der Waals surface area contributed by atoms with E-state index in [1.165, 1.54) is 12.0 Å². The molecule has 0 spiro atoms. The SMILES string of the molecule is CCNC(=NCC1(c2ccc(OCC)cc2)CCOCC1)N1CCC(N2CCOCC2)C1. The Hall–Kier alpha value is -1.83. The Morgan fingerprint density at radius 2 is 1.78 bits per heavy atom. The van der Waals surface area contributed by atoms with Crippen molar-refractivity contribution in [2.75, 3.05) is 72.3 Å². The van der Waals surface area contributed by atoms with E-state index in [2.05, 4.69) is 46.3 Å². The summed E-state index contributed by atoms with van der Waals surface area (Å²) in [7, 11) is 0. The van der Waals surface area contributed by atoms with Crippen LogP contribution in [0.2, 0.25) is 0 Å². The highest BCUT2D eigenvalue weighted by Crippen LogP contribution is 2.36. The van der Waals surface area contributed by atoms with Crippen molar-refractivity contribution in [3.63, 3.8) is 0 Å². The second kappa shape index (κ2) is 11.3. The van der Waals surface area contributed by atoms with Crippen LogP contribution in [0.15, 0.2) is 29.3 Å². The minimum atomic E-state index is 0.0208. The van der Waals surface area contributed by atoms with Crippen LogP contribution in [0.1, 0.15) is 38.7 Å². The molecule has 1 aromatic carbocycles. The van der Waals surface area contributed by atoms with Crippen molar-refractivity contribution in [3.05, 3.63) is 29.8 Å². The molecule has 32 heavy (non-hydrogen) atoms. The van der Waals surface area contributed by atoms with Gasteiger partial charge in [0, 0.05) is 57.4 Å². The Morgan fingerprint density at radius 1 is 1.06 bits per heavy atom. The molecule has 1 unspecified atom stereocenters. The summed E-state index contributed by atoms with van der Waals surface area (Å²) in [6.07, 6.45) is 3.20. The van der Waals surface area contributed by atoms with Gasteiger partial charge < -0.3 is 24.4 Å². The number of benzene rings is 1. The van der Waals surface area contributed by atoms with Gasteiger partial charge in [-0.2, -0.15) is 0 Å². The molecule has 3 saturated heterocycles. The van der Waals surface area contributed by atoms with Crippen LogP contribution in [0.25, 0.3) is 0 Å². The average molecular weight is 445 g/mol. The first kappa shape index (κ1) is 23.3. The number of nitrogens with zero attached hydrogens (tertiary/aromatic N) is 3. The van der Waals surface area contributed by atoms with Crippen LogP contribution in [0, 0.1) is 0 Å². The lowest BCUT2D eigenvalue weighted by Gasteiger charge is -2.37. The van der Waals surface area contributed by atoms with Gasteiger partial charge in [-0.05, 0) is 50.8 Å². The molecule has 3 heterocycles. The monoisotopic (exact) mass is 444 g/mol. The first-order chi connectivity index (χ1) is 15.7. The third-order valence-corrected chi connectivity index (χ3v) is 7.12. The predicted octanol–water partition coefficient (Wildman–Crippen LogP) is 2.51. The maximum atomic E-state index is 5.73. The van der Waals surface area contributed by atoms with Gasteiger partial charge in [-0.25, -0.2) is 0 Å². The molecule has 1 N–H and O–H groups in total. The number of ether oxygens (including phenoxy) is 3. The maximum absolute atomic E-state index is 5.73. The molecular formula is C25H40N4O3. The van der Waals surface area contributed by atoms with E-state index in [-0.39, 0.29) is 5.41 Å². The summed E-state index contributed by atoms with van der Waals surface area (Å²) in [6.45, 7) is 14.0. The Bertz CT molecular complexity index is 727. The van der Waals surface area contributed by atoms with E-state index in [0.717, 1.165) is 90.2 Å². The number of hydrogen-bond acceptors (Lipinski definition) is 5. The summed E-state index contributed by atoms with van der Waals surface area (Å²) in [6, 6.07) is 9.24. The number of rotatable bonds is 7. The van der Waals surface area contributed by atoms with Crippen molar-refractivity contribution in [2.24, 2.45) is 4.99 Å². The van der Waals surface area contributed by atoms with E-state index < -0.39 is 0 Å². The molecule has 1 atom stereocenters. The van der Waals surface area contributed by atoms with Gasteiger partial charge in [0.1, 0.15) is 5.75 Å². The van der Waals surface area contributed by atoms with Crippen LogP contribution in [0.3, 0.4) is 0 Å². The van der Waals surface area contributed by atoms with Crippen LogP contribution in [0.5, 0.6) is 5.75 Å². The van der Waals surface area contributed by atoms with E-state index in [1.807, 2.05) is 6.92 Å². The van der Waals surface area contributed by atoms with Crippen LogP contribution in [0.4, 0.5) is 0 Å². The third-order valence-electron chi connectivity index (χ3n) is 7.12. The highest BCUT2D eigenvalue weighted by atomic mass is 16.5. The molecule has 1 aromatic rings. The Labute approximate surface area is 193 Å². The second-order valence-electron chi connectivity index (χ2n) is 9.06. The molecule has 7 nitrogen and oxygen atoms in total. The number of morpholine rings is 1. The highest BCUT2D eigenvalue weighted by molar-refractivity contribution is 5.80. The van der Waals surface area contributed by atoms with Crippen molar-refractivity contribution < 1.29 is 14.2 Å². The van der Waals surface area contributed by atoms with Crippen LogP contribution >= 0.6 is 0 Å².